The maximum Gasteiger partial charge on any atom is 0.316 e. The van der Waals surface area contributed by atoms with Crippen LogP contribution >= 0.6 is 11.3 Å². The van der Waals surface area contributed by atoms with E-state index in [2.05, 4.69) is 0 Å². The molecule has 1 aromatic rings. The van der Waals surface area contributed by atoms with E-state index in [4.69, 9.17) is 4.74 Å². The number of hydrogen-bond donors (Lipinski definition) is 0. The van der Waals surface area contributed by atoms with Gasteiger partial charge in [-0.05, 0) is 17.5 Å². The average molecular weight is 168 g/mol. The molecule has 1 rings (SSSR count). The third kappa shape index (κ3) is 3.19. The van der Waals surface area contributed by atoms with Crippen LogP contribution in [0.2, 0.25) is 0 Å². The second-order valence-electron chi connectivity index (χ2n) is 1.53. The second kappa shape index (κ2) is 4.71. The molecule has 0 N–H and O–H groups in total. The molecule has 0 spiro atoms. The number of hydrogen-bond acceptors (Lipinski definition) is 3. The fraction of sp³-hybridized carbons (Fsp3) is 0.167. The van der Waals surface area contributed by atoms with E-state index in [1.165, 1.54) is 18.3 Å². The SMILES string of the molecule is CC(=O)Oc1cccs1.[MgH2]. The summed E-state index contributed by atoms with van der Waals surface area (Å²) in [5.41, 5.74) is 0. The van der Waals surface area contributed by atoms with E-state index in [1.807, 2.05) is 11.4 Å². The minimum atomic E-state index is -0.266. The zero-order chi connectivity index (χ0) is 6.69. The second-order valence-corrected chi connectivity index (χ2v) is 2.44. The van der Waals surface area contributed by atoms with Gasteiger partial charge in [0.2, 0.25) is 0 Å². The largest absolute Gasteiger partial charge is 0.416 e. The van der Waals surface area contributed by atoms with E-state index < -0.39 is 0 Å². The first-order chi connectivity index (χ1) is 4.29. The molecule has 0 fully saturated rings. The molecular weight excluding hydrogens is 160 g/mol. The lowest BCUT2D eigenvalue weighted by Gasteiger charge is -1.91. The smallest absolute Gasteiger partial charge is 0.316 e. The highest BCUT2D eigenvalue weighted by atomic mass is 32.1. The summed E-state index contributed by atoms with van der Waals surface area (Å²) in [6.07, 6.45) is 0. The fourth-order valence-electron chi connectivity index (χ4n) is 0.463. The predicted octanol–water partition coefficient (Wildman–Crippen LogP) is 0.757. The molecule has 1 aromatic heterocycles. The highest BCUT2D eigenvalue weighted by Gasteiger charge is 1.95. The zero-order valence-electron chi connectivity index (χ0n) is 4.96. The molecule has 0 aliphatic carbocycles. The third-order valence-electron chi connectivity index (χ3n) is 0.739. The first-order valence-electron chi connectivity index (χ1n) is 2.51. The molecule has 0 atom stereocenters. The standard InChI is InChI=1S/C6H6O2S.Mg.2H/c1-5(7)8-6-3-2-4-9-6;;;/h2-4H,1H3;;;. The van der Waals surface area contributed by atoms with Crippen molar-refractivity contribution in [3.05, 3.63) is 17.5 Å². The van der Waals surface area contributed by atoms with Gasteiger partial charge in [-0.25, -0.2) is 0 Å². The van der Waals surface area contributed by atoms with E-state index in [0.29, 0.717) is 5.06 Å². The van der Waals surface area contributed by atoms with Gasteiger partial charge in [0.15, 0.2) is 5.06 Å². The maximum absolute atomic E-state index is 10.3. The van der Waals surface area contributed by atoms with Crippen molar-refractivity contribution in [2.75, 3.05) is 0 Å². The van der Waals surface area contributed by atoms with Gasteiger partial charge in [-0.1, -0.05) is 0 Å². The van der Waals surface area contributed by atoms with Gasteiger partial charge in [0.1, 0.15) is 0 Å². The minimum Gasteiger partial charge on any atom is -0.416 e. The van der Waals surface area contributed by atoms with Crippen molar-refractivity contribution in [1.82, 2.24) is 0 Å². The van der Waals surface area contributed by atoms with Crippen LogP contribution < -0.4 is 4.74 Å². The number of carbonyl (C=O) groups is 1. The van der Waals surface area contributed by atoms with Crippen LogP contribution in [0.15, 0.2) is 17.5 Å². The first kappa shape index (κ1) is 9.94. The minimum absolute atomic E-state index is 0. The average Bonchev–Trinajstić information content (AvgIpc) is 2.15. The van der Waals surface area contributed by atoms with Gasteiger partial charge in [-0.2, -0.15) is 0 Å². The highest BCUT2D eigenvalue weighted by molar-refractivity contribution is 7.11. The summed E-state index contributed by atoms with van der Waals surface area (Å²) >= 11 is 1.41. The Labute approximate surface area is 79.3 Å². The molecule has 0 aliphatic heterocycles. The van der Waals surface area contributed by atoms with E-state index in [-0.39, 0.29) is 29.0 Å². The molecule has 1 heterocycles. The van der Waals surface area contributed by atoms with Crippen molar-refractivity contribution in [2.24, 2.45) is 0 Å². The van der Waals surface area contributed by atoms with Gasteiger partial charge < -0.3 is 4.74 Å². The van der Waals surface area contributed by atoms with Gasteiger partial charge in [-0.3, -0.25) is 4.79 Å². The third-order valence-corrected chi connectivity index (χ3v) is 1.48. The van der Waals surface area contributed by atoms with Crippen LogP contribution in [-0.2, 0) is 4.79 Å². The van der Waals surface area contributed by atoms with E-state index in [9.17, 15) is 4.79 Å². The monoisotopic (exact) mass is 168 g/mol. The Hall–Kier alpha value is -0.0638. The number of thiophene rings is 1. The van der Waals surface area contributed by atoms with Crippen LogP contribution in [0.1, 0.15) is 6.92 Å². The molecule has 0 aromatic carbocycles. The summed E-state index contributed by atoms with van der Waals surface area (Å²) < 4.78 is 4.73. The normalized spacial score (nSPS) is 8.10. The Bertz CT molecular complexity index is 196. The molecule has 4 heteroatoms. The van der Waals surface area contributed by atoms with Gasteiger partial charge >= 0.3 is 29.0 Å². The number of rotatable bonds is 1. The Morgan fingerprint density at radius 1 is 1.70 bits per heavy atom. The lowest BCUT2D eigenvalue weighted by atomic mass is 10.6. The lowest BCUT2D eigenvalue weighted by Crippen LogP contribution is -1.98. The molecule has 0 bridgehead atoms. The summed E-state index contributed by atoms with van der Waals surface area (Å²) in [6, 6.07) is 3.59. The van der Waals surface area contributed by atoms with Crippen LogP contribution in [0.25, 0.3) is 0 Å². The quantitative estimate of drug-likeness (QED) is 0.457. The summed E-state index contributed by atoms with van der Waals surface area (Å²) in [5, 5.41) is 2.51. The fourth-order valence-corrected chi connectivity index (χ4v) is 1.08. The van der Waals surface area contributed by atoms with Crippen molar-refractivity contribution in [2.45, 2.75) is 6.92 Å². The number of esters is 1. The summed E-state index contributed by atoms with van der Waals surface area (Å²) in [4.78, 5) is 10.3. The van der Waals surface area contributed by atoms with E-state index >= 15 is 0 Å². The van der Waals surface area contributed by atoms with Gasteiger partial charge in [-0.15, -0.1) is 11.3 Å². The number of ether oxygens (including phenoxy) is 1. The molecule has 52 valence electrons. The zero-order valence-corrected chi connectivity index (χ0v) is 5.77. The Morgan fingerprint density at radius 2 is 2.40 bits per heavy atom. The molecule has 0 saturated heterocycles. The first-order valence-corrected chi connectivity index (χ1v) is 3.39. The van der Waals surface area contributed by atoms with E-state index in [0.717, 1.165) is 0 Å². The molecular formula is C6H8MgO2S. The molecule has 0 aliphatic rings. The van der Waals surface area contributed by atoms with Gasteiger partial charge in [0.25, 0.3) is 0 Å². The van der Waals surface area contributed by atoms with Crippen LogP contribution in [-0.4, -0.2) is 29.0 Å². The summed E-state index contributed by atoms with van der Waals surface area (Å²) in [7, 11) is 0. The molecule has 0 saturated carbocycles. The molecule has 0 amide bonds. The summed E-state index contributed by atoms with van der Waals surface area (Å²) in [6.45, 7) is 1.39. The number of carbonyl (C=O) groups excluding carboxylic acids is 1. The molecule has 2 nitrogen and oxygen atoms in total. The van der Waals surface area contributed by atoms with Crippen molar-refractivity contribution >= 4 is 40.4 Å². The van der Waals surface area contributed by atoms with Crippen LogP contribution in [0.3, 0.4) is 0 Å². The van der Waals surface area contributed by atoms with Crippen molar-refractivity contribution in [1.29, 1.82) is 0 Å². The van der Waals surface area contributed by atoms with Crippen molar-refractivity contribution < 1.29 is 9.53 Å². The van der Waals surface area contributed by atoms with Gasteiger partial charge in [0, 0.05) is 6.92 Å². The lowest BCUT2D eigenvalue weighted by molar-refractivity contribution is -0.131. The highest BCUT2D eigenvalue weighted by Crippen LogP contribution is 2.17. The van der Waals surface area contributed by atoms with Crippen molar-refractivity contribution in [3.8, 4) is 5.06 Å². The maximum atomic E-state index is 10.3. The van der Waals surface area contributed by atoms with E-state index in [1.54, 1.807) is 6.07 Å². The van der Waals surface area contributed by atoms with Crippen molar-refractivity contribution in [3.63, 3.8) is 0 Å². The van der Waals surface area contributed by atoms with Gasteiger partial charge in [0.05, 0.1) is 0 Å². The summed E-state index contributed by atoms with van der Waals surface area (Å²) in [5.74, 6) is -0.266. The molecule has 0 radical (unpaired) electrons. The van der Waals surface area contributed by atoms with Crippen LogP contribution in [0, 0.1) is 0 Å². The van der Waals surface area contributed by atoms with Crippen LogP contribution in [0.5, 0.6) is 5.06 Å². The molecule has 10 heavy (non-hydrogen) atoms. The Kier molecular flexibility index (Phi) is 4.68. The Morgan fingerprint density at radius 3 is 2.80 bits per heavy atom. The topological polar surface area (TPSA) is 26.3 Å². The molecule has 0 unspecified atom stereocenters. The van der Waals surface area contributed by atoms with Crippen LogP contribution in [0.4, 0.5) is 0 Å². The Balaban J connectivity index is 0.000000810. The predicted molar refractivity (Wildman–Crippen MR) is 44.2 cm³/mol.